The number of urea groups is 1. The number of primary amides is 1. The molecule has 0 radical (unpaired) electrons. The molecular weight excluding hydrogens is 600 g/mol. The molecule has 9 nitrogen and oxygen atoms in total. The third kappa shape index (κ3) is 3.41. The normalized spacial score (nSPS) is 31.7. The molecule has 12 heteroatoms. The van der Waals surface area contributed by atoms with E-state index >= 15 is 0 Å². The zero-order valence-corrected chi connectivity index (χ0v) is 23.7. The average Bonchev–Trinajstić information content (AvgIpc) is 3.32. The average molecular weight is 622 g/mol. The molecule has 0 aromatic heterocycles. The molecule has 2 heterocycles. The van der Waals surface area contributed by atoms with Gasteiger partial charge in [-0.3, -0.25) is 19.2 Å². The number of phenolic OH excluding ortho intramolecular Hbond substituents is 1. The molecule has 0 bridgehead atoms. The van der Waals surface area contributed by atoms with Crippen molar-refractivity contribution < 1.29 is 33.5 Å². The second kappa shape index (κ2) is 9.11. The van der Waals surface area contributed by atoms with Crippen molar-refractivity contribution in [3.8, 4) is 5.75 Å². The zero-order valence-electron chi connectivity index (χ0n) is 22.2. The molecule has 218 valence electrons. The van der Waals surface area contributed by atoms with Crippen LogP contribution in [0.3, 0.4) is 0 Å². The third-order valence-corrected chi connectivity index (χ3v) is 10.8. The molecule has 6 unspecified atom stereocenters. The van der Waals surface area contributed by atoms with Gasteiger partial charge in [0, 0.05) is 11.3 Å². The number of nitrogens with two attached hydrogens (primary N) is 1. The second-order valence-corrected chi connectivity index (χ2v) is 12.6. The SMILES string of the molecule is NC(=O)N1C(=O)C2CC=C3C(CC4(Cl)C(=O)N(c5ccc(F)cc5)C(=O)C4(Cl)C3c3ccc(O)c4ccccc34)C2C1=O. The fourth-order valence-corrected chi connectivity index (χ4v) is 8.45. The summed E-state index contributed by atoms with van der Waals surface area (Å²) in [5.41, 5.74) is 6.42. The standard InChI is InChI=1S/C31H22Cl2FN3O6/c32-30-13-21-19(9-10-20-23(21)26(40)37(25(20)39)29(35)43)24(18-11-12-22(38)17-4-2-1-3-16(17)18)31(30,33)28(42)36(27(30)41)15-7-5-14(34)6-8-15/h1-9,11-12,20-21,23-24,38H,10,13H2,(H2,35,43). The predicted octanol–water partition coefficient (Wildman–Crippen LogP) is 4.33. The first kappa shape index (κ1) is 27.5. The van der Waals surface area contributed by atoms with Crippen LogP contribution in [0.15, 0.2) is 72.3 Å². The van der Waals surface area contributed by atoms with Gasteiger partial charge in [0.15, 0.2) is 9.75 Å². The first-order valence-corrected chi connectivity index (χ1v) is 14.3. The highest BCUT2D eigenvalue weighted by molar-refractivity contribution is 6.58. The molecule has 3 aromatic rings. The highest BCUT2D eigenvalue weighted by atomic mass is 35.5. The first-order valence-electron chi connectivity index (χ1n) is 13.5. The number of carbonyl (C=O) groups is 5. The summed E-state index contributed by atoms with van der Waals surface area (Å²) in [7, 11) is 0. The number of hydrogen-bond donors (Lipinski definition) is 2. The number of anilines is 1. The molecule has 3 fully saturated rings. The first-order chi connectivity index (χ1) is 20.4. The van der Waals surface area contributed by atoms with Crippen molar-refractivity contribution in [3.63, 3.8) is 0 Å². The summed E-state index contributed by atoms with van der Waals surface area (Å²) in [5.74, 6) is -7.83. The molecule has 3 aromatic carbocycles. The van der Waals surface area contributed by atoms with E-state index < -0.39 is 68.9 Å². The molecule has 3 N–H and O–H groups in total. The number of carbonyl (C=O) groups excluding carboxylic acids is 5. The van der Waals surface area contributed by atoms with Crippen molar-refractivity contribution in [2.24, 2.45) is 23.5 Å². The fraction of sp³-hybridized carbons (Fsp3) is 0.258. The van der Waals surface area contributed by atoms with Crippen LogP contribution in [0, 0.1) is 23.6 Å². The predicted molar refractivity (Wildman–Crippen MR) is 154 cm³/mol. The fourth-order valence-electron chi connectivity index (χ4n) is 7.52. The Labute approximate surface area is 253 Å². The van der Waals surface area contributed by atoms with E-state index in [4.69, 9.17) is 28.9 Å². The topological polar surface area (TPSA) is 138 Å². The minimum Gasteiger partial charge on any atom is -0.507 e. The van der Waals surface area contributed by atoms with Gasteiger partial charge in [0.2, 0.25) is 11.8 Å². The van der Waals surface area contributed by atoms with Crippen molar-refractivity contribution in [2.75, 3.05) is 4.90 Å². The maximum absolute atomic E-state index is 14.4. The Hall–Kier alpha value is -4.28. The minimum absolute atomic E-state index is 0.0272. The van der Waals surface area contributed by atoms with Crippen LogP contribution in [0.4, 0.5) is 14.9 Å². The number of halogens is 3. The van der Waals surface area contributed by atoms with E-state index in [-0.39, 0.29) is 24.3 Å². The highest BCUT2D eigenvalue weighted by Gasteiger charge is 2.76. The van der Waals surface area contributed by atoms with Crippen molar-refractivity contribution in [1.82, 2.24) is 4.90 Å². The van der Waals surface area contributed by atoms with E-state index in [1.807, 2.05) is 0 Å². The molecule has 6 atom stereocenters. The summed E-state index contributed by atoms with van der Waals surface area (Å²) in [6.07, 6.45) is 1.49. The van der Waals surface area contributed by atoms with Crippen LogP contribution in [-0.4, -0.2) is 49.4 Å². The lowest BCUT2D eigenvalue weighted by Crippen LogP contribution is -2.60. The van der Waals surface area contributed by atoms with Crippen LogP contribution in [-0.2, 0) is 19.2 Å². The molecule has 43 heavy (non-hydrogen) atoms. The Kier molecular flexibility index (Phi) is 5.84. The maximum Gasteiger partial charge on any atom is 0.328 e. The van der Waals surface area contributed by atoms with Crippen LogP contribution in [0.25, 0.3) is 10.8 Å². The lowest BCUT2D eigenvalue weighted by molar-refractivity contribution is -0.136. The number of fused-ring (bicyclic) bond motifs is 5. The lowest BCUT2D eigenvalue weighted by Gasteiger charge is -2.51. The number of hydrogen-bond acceptors (Lipinski definition) is 6. The van der Waals surface area contributed by atoms with Gasteiger partial charge in [-0.1, -0.05) is 42.0 Å². The van der Waals surface area contributed by atoms with Gasteiger partial charge < -0.3 is 10.8 Å². The number of imide groups is 4. The molecule has 2 aliphatic heterocycles. The Morgan fingerprint density at radius 2 is 1.58 bits per heavy atom. The summed E-state index contributed by atoms with van der Waals surface area (Å²) in [6, 6.07) is 13.4. The maximum atomic E-state index is 14.4. The number of allylic oxidation sites excluding steroid dienone is 2. The molecule has 2 aliphatic carbocycles. The monoisotopic (exact) mass is 621 g/mol. The molecule has 6 amide bonds. The van der Waals surface area contributed by atoms with Crippen LogP contribution < -0.4 is 10.6 Å². The van der Waals surface area contributed by atoms with Gasteiger partial charge in [-0.15, -0.1) is 23.2 Å². The third-order valence-electron chi connectivity index (χ3n) is 9.36. The second-order valence-electron chi connectivity index (χ2n) is 11.3. The Morgan fingerprint density at radius 3 is 2.26 bits per heavy atom. The van der Waals surface area contributed by atoms with Crippen LogP contribution in [0.5, 0.6) is 5.75 Å². The van der Waals surface area contributed by atoms with Gasteiger partial charge in [-0.05, 0) is 60.0 Å². The number of phenols is 1. The number of aromatic hydroxyl groups is 1. The van der Waals surface area contributed by atoms with E-state index in [1.165, 1.54) is 18.2 Å². The molecule has 2 saturated heterocycles. The number of nitrogens with zero attached hydrogens (tertiary/aromatic N) is 2. The van der Waals surface area contributed by atoms with E-state index in [0.717, 1.165) is 17.0 Å². The van der Waals surface area contributed by atoms with Crippen LogP contribution in [0.1, 0.15) is 24.3 Å². The minimum atomic E-state index is -2.13. The number of amides is 6. The van der Waals surface area contributed by atoms with E-state index in [2.05, 4.69) is 0 Å². The van der Waals surface area contributed by atoms with Gasteiger partial charge in [0.05, 0.1) is 17.5 Å². The number of benzene rings is 3. The summed E-state index contributed by atoms with van der Waals surface area (Å²) < 4.78 is 13.8. The highest BCUT2D eigenvalue weighted by Crippen LogP contribution is 2.66. The summed E-state index contributed by atoms with van der Waals surface area (Å²) in [4.78, 5) is 64.4. The van der Waals surface area contributed by atoms with Gasteiger partial charge in [-0.25, -0.2) is 14.1 Å². The largest absolute Gasteiger partial charge is 0.507 e. The summed E-state index contributed by atoms with van der Waals surface area (Å²) in [6.45, 7) is 0. The van der Waals surface area contributed by atoms with Crippen LogP contribution in [0.2, 0.25) is 0 Å². The Balaban J connectivity index is 1.49. The molecule has 7 rings (SSSR count). The summed E-state index contributed by atoms with van der Waals surface area (Å²) in [5, 5.41) is 11.6. The van der Waals surface area contributed by atoms with Gasteiger partial charge in [-0.2, -0.15) is 4.90 Å². The Morgan fingerprint density at radius 1 is 0.907 bits per heavy atom. The van der Waals surface area contributed by atoms with Crippen molar-refractivity contribution in [3.05, 3.63) is 83.7 Å². The molecule has 1 saturated carbocycles. The van der Waals surface area contributed by atoms with E-state index in [0.29, 0.717) is 26.8 Å². The molecular formula is C31H22Cl2FN3O6. The van der Waals surface area contributed by atoms with Crippen molar-refractivity contribution >= 4 is 69.3 Å². The van der Waals surface area contributed by atoms with Gasteiger partial charge >= 0.3 is 6.03 Å². The van der Waals surface area contributed by atoms with Gasteiger partial charge in [0.25, 0.3) is 11.8 Å². The van der Waals surface area contributed by atoms with E-state index in [1.54, 1.807) is 36.4 Å². The number of likely N-dealkylation sites (tertiary alicyclic amines) is 1. The smallest absolute Gasteiger partial charge is 0.328 e. The Bertz CT molecular complexity index is 1850. The van der Waals surface area contributed by atoms with E-state index in [9.17, 15) is 33.5 Å². The number of alkyl halides is 2. The quantitative estimate of drug-likeness (QED) is 0.248. The van der Waals surface area contributed by atoms with Crippen LogP contribution >= 0.6 is 23.2 Å². The number of rotatable bonds is 2. The summed E-state index contributed by atoms with van der Waals surface area (Å²) >= 11 is 14.7. The van der Waals surface area contributed by atoms with Crippen molar-refractivity contribution in [1.29, 1.82) is 0 Å². The molecule has 4 aliphatic rings. The lowest BCUT2D eigenvalue weighted by atomic mass is 9.56. The van der Waals surface area contributed by atoms with Crippen molar-refractivity contribution in [2.45, 2.75) is 28.5 Å². The van der Waals surface area contributed by atoms with Gasteiger partial charge in [0.1, 0.15) is 11.6 Å². The molecule has 0 spiro atoms. The zero-order chi connectivity index (χ0) is 30.6.